The van der Waals surface area contributed by atoms with Gasteiger partial charge in [-0.1, -0.05) is 29.8 Å². The van der Waals surface area contributed by atoms with Gasteiger partial charge in [0, 0.05) is 84.3 Å². The fourth-order valence-corrected chi connectivity index (χ4v) is 7.35. The molecule has 15 nitrogen and oxygen atoms in total. The number of pyridine rings is 1. The molecule has 19 heteroatoms. The number of nitrogens with zero attached hydrogens (tertiary/aromatic N) is 6. The molecule has 5 amide bonds. The van der Waals surface area contributed by atoms with Gasteiger partial charge in [-0.25, -0.2) is 19.4 Å². The first-order chi connectivity index (χ1) is 27.6. The molecule has 3 N–H and O–H groups in total. The largest absolute Gasteiger partial charge is 0.452 e. The molecule has 0 radical (unpaired) electrons. The fraction of sp³-hybridized carbons (Fsp3) is 0.436. The maximum absolute atomic E-state index is 14.1. The highest BCUT2D eigenvalue weighted by atomic mass is 35.5. The maximum atomic E-state index is 14.1. The van der Waals surface area contributed by atoms with E-state index in [-0.39, 0.29) is 60.3 Å². The van der Waals surface area contributed by atoms with Gasteiger partial charge < -0.3 is 45.0 Å². The summed E-state index contributed by atoms with van der Waals surface area (Å²) in [6.45, 7) is 1.46. The molecule has 3 aliphatic heterocycles. The van der Waals surface area contributed by atoms with Crippen LogP contribution < -0.4 is 16.0 Å². The third-order valence-corrected chi connectivity index (χ3v) is 10.8. The van der Waals surface area contributed by atoms with E-state index in [0.717, 1.165) is 17.3 Å². The highest BCUT2D eigenvalue weighted by molar-refractivity contribution is 6.33. The van der Waals surface area contributed by atoms with Crippen LogP contribution >= 0.6 is 11.6 Å². The summed E-state index contributed by atoms with van der Waals surface area (Å²) in [5.41, 5.74) is 5.76. The molecule has 0 spiro atoms. The Morgan fingerprint density at radius 1 is 0.983 bits per heavy atom. The molecule has 4 heterocycles. The first-order valence-corrected chi connectivity index (χ1v) is 19.1. The smallest absolute Gasteiger partial charge is 0.418 e. The first kappa shape index (κ1) is 41.8. The zero-order valence-corrected chi connectivity index (χ0v) is 32.7. The number of fused-ring (bicyclic) bond motifs is 1. The second kappa shape index (κ2) is 17.8. The first-order valence-electron chi connectivity index (χ1n) is 18.7. The van der Waals surface area contributed by atoms with Gasteiger partial charge >= 0.3 is 24.3 Å². The number of ether oxygens (including phenoxy) is 2. The maximum Gasteiger partial charge on any atom is 0.418 e. The van der Waals surface area contributed by atoms with Crippen LogP contribution in [0.2, 0.25) is 5.02 Å². The van der Waals surface area contributed by atoms with Crippen LogP contribution in [0.15, 0.2) is 54.7 Å². The van der Waals surface area contributed by atoms with Crippen molar-refractivity contribution in [3.05, 3.63) is 82.0 Å². The summed E-state index contributed by atoms with van der Waals surface area (Å²) in [4.78, 5) is 77.2. The van der Waals surface area contributed by atoms with Gasteiger partial charge in [0.2, 0.25) is 0 Å². The van der Waals surface area contributed by atoms with E-state index in [1.807, 2.05) is 29.2 Å². The highest BCUT2D eigenvalue weighted by Gasteiger charge is 2.38. The number of nitrogens with two attached hydrogens (primary N) is 1. The molecule has 0 unspecified atom stereocenters. The van der Waals surface area contributed by atoms with E-state index in [1.54, 1.807) is 25.1 Å². The summed E-state index contributed by atoms with van der Waals surface area (Å²) in [6.07, 6.45) is -4.65. The van der Waals surface area contributed by atoms with Crippen LogP contribution in [0.4, 0.5) is 40.0 Å². The number of aromatic nitrogens is 1. The minimum Gasteiger partial charge on any atom is -0.452 e. The van der Waals surface area contributed by atoms with Gasteiger partial charge in [-0.05, 0) is 60.7 Å². The Labute approximate surface area is 337 Å². The predicted octanol–water partition coefficient (Wildman–Crippen LogP) is 4.53. The van der Waals surface area contributed by atoms with E-state index in [9.17, 15) is 37.1 Å². The lowest BCUT2D eigenvalue weighted by Gasteiger charge is -2.39. The number of benzene rings is 2. The number of urea groups is 1. The van der Waals surface area contributed by atoms with Crippen LogP contribution in [-0.2, 0) is 38.1 Å². The number of alkyl halides is 3. The van der Waals surface area contributed by atoms with Crippen LogP contribution in [0.5, 0.6) is 0 Å². The number of hydrogen-bond acceptors (Lipinski definition) is 10. The molecular weight excluding hydrogens is 785 g/mol. The number of carbonyl (C=O) groups excluding carboxylic acids is 5. The standard InChI is InChI=1S/C39H44ClF3N8O7/c1-47(2)33(52)23-57-36(54)26-7-8-32(45-22-26)48-15-17-49(18-16-48)35(53)31(21-24-19-28(39(41,42)43)34(44)29(40)20-24)58-38(56)50-12-10-27(11-13-50)51-14-9-25-5-3-4-6-30(25)46-37(51)55/h3-8,19-20,22,27,31H,9-18,21,23,44H2,1-2H3,(H,46,55)/t31-/m1/s1. The molecule has 3 aliphatic rings. The Morgan fingerprint density at radius 2 is 1.69 bits per heavy atom. The topological polar surface area (TPSA) is 171 Å². The highest BCUT2D eigenvalue weighted by Crippen LogP contribution is 2.38. The van der Waals surface area contributed by atoms with Crippen LogP contribution in [-0.4, -0.2) is 133 Å². The number of hydrogen-bond donors (Lipinski definition) is 2. The van der Waals surface area contributed by atoms with Crippen LogP contribution in [0.1, 0.15) is 39.9 Å². The van der Waals surface area contributed by atoms with E-state index in [4.69, 9.17) is 26.8 Å². The lowest BCUT2D eigenvalue weighted by Crippen LogP contribution is -2.54. The molecule has 6 rings (SSSR count). The second-order valence-corrected chi connectivity index (χ2v) is 14.9. The Balaban J connectivity index is 1.10. The molecule has 1 aromatic heterocycles. The molecule has 58 heavy (non-hydrogen) atoms. The number of nitrogens with one attached hydrogen (secondary N) is 1. The number of amides is 5. The van der Waals surface area contributed by atoms with Crippen LogP contribution in [0.3, 0.4) is 0 Å². The summed E-state index contributed by atoms with van der Waals surface area (Å²) in [6, 6.07) is 12.4. The number of rotatable bonds is 9. The molecule has 0 bridgehead atoms. The third-order valence-electron chi connectivity index (χ3n) is 10.5. The lowest BCUT2D eigenvalue weighted by atomic mass is 10.0. The molecule has 2 fully saturated rings. The number of carbonyl (C=O) groups is 5. The predicted molar refractivity (Wildman–Crippen MR) is 207 cm³/mol. The van der Waals surface area contributed by atoms with Gasteiger partial charge in [0.1, 0.15) is 5.82 Å². The van der Waals surface area contributed by atoms with Crippen molar-refractivity contribution in [3.8, 4) is 0 Å². The van der Waals surface area contributed by atoms with E-state index < -0.39 is 54.5 Å². The van der Waals surface area contributed by atoms with Crippen molar-refractivity contribution in [1.29, 1.82) is 0 Å². The van der Waals surface area contributed by atoms with Gasteiger partial charge in [-0.2, -0.15) is 13.2 Å². The number of piperazine rings is 1. The Morgan fingerprint density at radius 3 is 2.34 bits per heavy atom. The van der Waals surface area contributed by atoms with Gasteiger partial charge in [-0.15, -0.1) is 0 Å². The Kier molecular flexibility index (Phi) is 12.8. The number of piperidine rings is 1. The van der Waals surface area contributed by atoms with Crippen molar-refractivity contribution in [2.24, 2.45) is 0 Å². The van der Waals surface area contributed by atoms with Crippen molar-refractivity contribution in [2.45, 2.75) is 44.0 Å². The fourth-order valence-electron chi connectivity index (χ4n) is 7.11. The normalized spacial score (nSPS) is 16.8. The number of nitrogen functional groups attached to an aromatic ring is 1. The third kappa shape index (κ3) is 9.84. The number of likely N-dealkylation sites (tertiary alicyclic amines) is 1. The second-order valence-electron chi connectivity index (χ2n) is 14.4. The minimum absolute atomic E-state index is 0.00270. The van der Waals surface area contributed by atoms with E-state index in [1.165, 1.54) is 33.0 Å². The number of esters is 1. The van der Waals surface area contributed by atoms with Crippen molar-refractivity contribution < 1.29 is 46.6 Å². The molecule has 310 valence electrons. The molecule has 3 aromatic rings. The molecule has 0 aliphatic carbocycles. The van der Waals surface area contributed by atoms with Crippen molar-refractivity contribution in [1.82, 2.24) is 24.6 Å². The van der Waals surface area contributed by atoms with Gasteiger partial charge in [0.05, 0.1) is 21.8 Å². The zero-order chi connectivity index (χ0) is 41.7. The van der Waals surface area contributed by atoms with Crippen molar-refractivity contribution in [2.75, 3.05) is 82.5 Å². The van der Waals surface area contributed by atoms with Gasteiger partial charge in [-0.3, -0.25) is 9.59 Å². The molecule has 0 saturated carbocycles. The molecule has 2 aromatic carbocycles. The minimum atomic E-state index is -4.83. The Hall–Kier alpha value is -5.78. The average Bonchev–Trinajstić information content (AvgIpc) is 3.38. The van der Waals surface area contributed by atoms with E-state index in [2.05, 4.69) is 10.3 Å². The summed E-state index contributed by atoms with van der Waals surface area (Å²) in [7, 11) is 3.08. The number of anilines is 3. The Bertz CT molecular complexity index is 2020. The quantitative estimate of drug-likeness (QED) is 0.231. The van der Waals surface area contributed by atoms with Crippen molar-refractivity contribution >= 4 is 58.7 Å². The summed E-state index contributed by atoms with van der Waals surface area (Å²) < 4.78 is 52.5. The summed E-state index contributed by atoms with van der Waals surface area (Å²) >= 11 is 6.11. The van der Waals surface area contributed by atoms with E-state index >= 15 is 0 Å². The molecular formula is C39H44ClF3N8O7. The average molecular weight is 829 g/mol. The number of likely N-dealkylation sites (N-methyl/N-ethyl adjacent to an activating group) is 1. The molecule has 2 saturated heterocycles. The summed E-state index contributed by atoms with van der Waals surface area (Å²) in [5.74, 6) is -1.19. The van der Waals surface area contributed by atoms with Crippen molar-refractivity contribution in [3.63, 3.8) is 0 Å². The van der Waals surface area contributed by atoms with Crippen LogP contribution in [0.25, 0.3) is 0 Å². The monoisotopic (exact) mass is 828 g/mol. The van der Waals surface area contributed by atoms with Gasteiger partial charge in [0.25, 0.3) is 11.8 Å². The number of halogens is 4. The lowest BCUT2D eigenvalue weighted by molar-refractivity contribution is -0.141. The van der Waals surface area contributed by atoms with E-state index in [0.29, 0.717) is 44.7 Å². The van der Waals surface area contributed by atoms with Gasteiger partial charge in [0.15, 0.2) is 12.7 Å². The van der Waals surface area contributed by atoms with Crippen LogP contribution in [0, 0.1) is 0 Å². The number of para-hydroxylation sites is 1. The zero-order valence-electron chi connectivity index (χ0n) is 32.0. The summed E-state index contributed by atoms with van der Waals surface area (Å²) in [5, 5.41) is 2.61. The molecule has 1 atom stereocenters. The SMILES string of the molecule is CN(C)C(=O)COC(=O)c1ccc(N2CCN(C(=O)[C@@H](Cc3cc(Cl)c(N)c(C(F)(F)F)c3)OC(=O)N3CCC(N4CCc5ccccc5NC4=O)CC3)CC2)nc1.